The van der Waals surface area contributed by atoms with Gasteiger partial charge in [-0.15, -0.1) is 10.2 Å². The van der Waals surface area contributed by atoms with Crippen LogP contribution in [0.25, 0.3) is 11.4 Å². The summed E-state index contributed by atoms with van der Waals surface area (Å²) in [6, 6.07) is 8.39. The lowest BCUT2D eigenvalue weighted by molar-refractivity contribution is 0.297. The fourth-order valence-corrected chi connectivity index (χ4v) is 4.47. The van der Waals surface area contributed by atoms with Crippen molar-refractivity contribution in [3.8, 4) is 22.9 Å². The van der Waals surface area contributed by atoms with Crippen LogP contribution in [0.4, 0.5) is 0 Å². The molecule has 1 aliphatic carbocycles. The molecule has 28 heavy (non-hydrogen) atoms. The molecule has 0 N–H and O–H groups in total. The zero-order valence-corrected chi connectivity index (χ0v) is 16.7. The number of aromatic nitrogens is 4. The quantitative estimate of drug-likeness (QED) is 0.560. The summed E-state index contributed by atoms with van der Waals surface area (Å²) in [6.07, 6.45) is 6.76. The summed E-state index contributed by atoms with van der Waals surface area (Å²) in [5.41, 5.74) is 2.12. The third kappa shape index (κ3) is 3.56. The first-order valence-electron chi connectivity index (χ1n) is 9.36. The van der Waals surface area contributed by atoms with E-state index in [1.165, 1.54) is 12.8 Å². The van der Waals surface area contributed by atoms with Crippen LogP contribution in [0.1, 0.15) is 30.9 Å². The van der Waals surface area contributed by atoms with Crippen molar-refractivity contribution >= 4 is 23.4 Å². The van der Waals surface area contributed by atoms with Crippen LogP contribution in [0.15, 0.2) is 41.8 Å². The fourth-order valence-electron chi connectivity index (χ4n) is 3.25. The van der Waals surface area contributed by atoms with Crippen LogP contribution in [-0.4, -0.2) is 33.0 Å². The minimum Gasteiger partial charge on any atom is -0.489 e. The van der Waals surface area contributed by atoms with Gasteiger partial charge in [-0.05, 0) is 42.7 Å². The summed E-state index contributed by atoms with van der Waals surface area (Å²) in [4.78, 5) is 4.10. The van der Waals surface area contributed by atoms with Crippen LogP contribution in [0, 0.1) is 0 Å². The van der Waals surface area contributed by atoms with Crippen LogP contribution in [0.3, 0.4) is 0 Å². The van der Waals surface area contributed by atoms with Gasteiger partial charge in [-0.25, -0.2) is 0 Å². The maximum atomic E-state index is 6.42. The Morgan fingerprint density at radius 2 is 1.93 bits per heavy atom. The number of hydrogen-bond donors (Lipinski definition) is 0. The van der Waals surface area contributed by atoms with Crippen LogP contribution in [-0.2, 0) is 5.75 Å². The molecule has 5 rings (SSSR count). The number of hydrogen-bond acceptors (Lipinski definition) is 6. The number of pyridine rings is 1. The largest absolute Gasteiger partial charge is 0.489 e. The minimum absolute atomic E-state index is 0.480. The second kappa shape index (κ2) is 7.64. The van der Waals surface area contributed by atoms with Gasteiger partial charge in [0.05, 0.1) is 18.2 Å². The van der Waals surface area contributed by atoms with E-state index in [9.17, 15) is 0 Å². The van der Waals surface area contributed by atoms with Gasteiger partial charge in [0, 0.05) is 36.2 Å². The molecular weight excluding hydrogens is 396 g/mol. The normalized spacial score (nSPS) is 16.0. The van der Waals surface area contributed by atoms with E-state index < -0.39 is 0 Å². The molecule has 1 aromatic carbocycles. The van der Waals surface area contributed by atoms with Gasteiger partial charge in [0.1, 0.15) is 0 Å². The van der Waals surface area contributed by atoms with Crippen LogP contribution in [0.2, 0.25) is 5.02 Å². The third-order valence-electron chi connectivity index (χ3n) is 4.74. The lowest BCUT2D eigenvalue weighted by atomic mass is 10.2. The molecule has 0 atom stereocenters. The number of nitrogens with zero attached hydrogens (tertiary/aromatic N) is 4. The van der Waals surface area contributed by atoms with Gasteiger partial charge in [-0.3, -0.25) is 9.55 Å². The highest BCUT2D eigenvalue weighted by molar-refractivity contribution is 7.98. The van der Waals surface area contributed by atoms with E-state index in [1.807, 2.05) is 24.3 Å². The maximum absolute atomic E-state index is 6.42. The van der Waals surface area contributed by atoms with Crippen molar-refractivity contribution in [2.45, 2.75) is 36.2 Å². The molecule has 144 valence electrons. The Hall–Kier alpha value is -2.25. The number of fused-ring (bicyclic) bond motifs is 1. The zero-order chi connectivity index (χ0) is 18.9. The van der Waals surface area contributed by atoms with Gasteiger partial charge >= 0.3 is 0 Å². The summed E-state index contributed by atoms with van der Waals surface area (Å²) in [5, 5.41) is 10.4. The van der Waals surface area contributed by atoms with Crippen LogP contribution in [0.5, 0.6) is 11.5 Å². The van der Waals surface area contributed by atoms with E-state index in [1.54, 1.807) is 24.2 Å². The molecule has 0 unspecified atom stereocenters. The second-order valence-corrected chi connectivity index (χ2v) is 8.24. The van der Waals surface area contributed by atoms with Gasteiger partial charge < -0.3 is 9.47 Å². The van der Waals surface area contributed by atoms with E-state index in [0.29, 0.717) is 30.0 Å². The second-order valence-electron chi connectivity index (χ2n) is 6.89. The van der Waals surface area contributed by atoms with Gasteiger partial charge in [0.2, 0.25) is 0 Å². The third-order valence-corrected chi connectivity index (χ3v) is 6.04. The minimum atomic E-state index is 0.480. The molecule has 1 fully saturated rings. The Kier molecular flexibility index (Phi) is 4.86. The van der Waals surface area contributed by atoms with Crippen molar-refractivity contribution in [3.63, 3.8) is 0 Å². The smallest absolute Gasteiger partial charge is 0.192 e. The number of halogens is 1. The number of thioether (sulfide) groups is 1. The van der Waals surface area contributed by atoms with E-state index >= 15 is 0 Å². The monoisotopic (exact) mass is 414 g/mol. The molecule has 2 aliphatic rings. The lowest BCUT2D eigenvalue weighted by Crippen LogP contribution is -2.00. The molecule has 3 aromatic rings. The average molecular weight is 415 g/mol. The number of rotatable bonds is 5. The van der Waals surface area contributed by atoms with E-state index in [2.05, 4.69) is 19.7 Å². The van der Waals surface area contributed by atoms with Crippen LogP contribution >= 0.6 is 23.4 Å². The predicted octanol–water partition coefficient (Wildman–Crippen LogP) is 4.78. The molecule has 0 saturated heterocycles. The van der Waals surface area contributed by atoms with Crippen molar-refractivity contribution < 1.29 is 9.47 Å². The van der Waals surface area contributed by atoms with Crippen LogP contribution < -0.4 is 9.47 Å². The molecule has 3 heterocycles. The lowest BCUT2D eigenvalue weighted by Gasteiger charge is -2.12. The highest BCUT2D eigenvalue weighted by Gasteiger charge is 2.30. The van der Waals surface area contributed by atoms with Gasteiger partial charge in [-0.1, -0.05) is 23.4 Å². The van der Waals surface area contributed by atoms with Crippen molar-refractivity contribution in [2.24, 2.45) is 0 Å². The topological polar surface area (TPSA) is 62.1 Å². The van der Waals surface area contributed by atoms with Crippen molar-refractivity contribution in [1.29, 1.82) is 0 Å². The zero-order valence-electron chi connectivity index (χ0n) is 15.2. The molecule has 0 bridgehead atoms. The Morgan fingerprint density at radius 1 is 1.11 bits per heavy atom. The average Bonchev–Trinajstić information content (AvgIpc) is 3.51. The van der Waals surface area contributed by atoms with Gasteiger partial charge in [0.25, 0.3) is 0 Å². The van der Waals surface area contributed by atoms with Crippen molar-refractivity contribution in [3.05, 3.63) is 47.2 Å². The summed E-state index contributed by atoms with van der Waals surface area (Å²) in [5.74, 6) is 3.01. The molecule has 1 saturated carbocycles. The standard InChI is InChI=1S/C20H19ClN4O2S/c21-16-10-13(11-17-18(16)27-9-1-8-26-17)12-28-20-24-23-19(25(20)15-2-3-15)14-4-6-22-7-5-14/h4-7,10-11,15H,1-3,8-9,12H2. The van der Waals surface area contributed by atoms with E-state index in [0.717, 1.165) is 40.0 Å². The first-order chi connectivity index (χ1) is 13.8. The summed E-state index contributed by atoms with van der Waals surface area (Å²) >= 11 is 8.09. The molecular formula is C20H19ClN4O2S. The molecule has 0 radical (unpaired) electrons. The van der Waals surface area contributed by atoms with Gasteiger partial charge in [-0.2, -0.15) is 0 Å². The predicted molar refractivity (Wildman–Crippen MR) is 108 cm³/mol. The van der Waals surface area contributed by atoms with Crippen molar-refractivity contribution in [1.82, 2.24) is 19.7 Å². The molecule has 0 amide bonds. The Labute approximate surface area is 172 Å². The van der Waals surface area contributed by atoms with Crippen molar-refractivity contribution in [2.75, 3.05) is 13.2 Å². The summed E-state index contributed by atoms with van der Waals surface area (Å²) in [7, 11) is 0. The maximum Gasteiger partial charge on any atom is 0.192 e. The molecule has 6 nitrogen and oxygen atoms in total. The molecule has 1 aliphatic heterocycles. The van der Waals surface area contributed by atoms with Gasteiger partial charge in [0.15, 0.2) is 22.5 Å². The number of ether oxygens (including phenoxy) is 2. The molecule has 2 aromatic heterocycles. The Balaban J connectivity index is 1.40. The first kappa shape index (κ1) is 17.8. The first-order valence-corrected chi connectivity index (χ1v) is 10.7. The summed E-state index contributed by atoms with van der Waals surface area (Å²) in [6.45, 7) is 1.27. The molecule has 8 heteroatoms. The Bertz CT molecular complexity index is 991. The van der Waals surface area contributed by atoms with E-state index in [-0.39, 0.29) is 0 Å². The summed E-state index contributed by atoms with van der Waals surface area (Å²) < 4.78 is 13.8. The highest BCUT2D eigenvalue weighted by Crippen LogP contribution is 2.43. The highest BCUT2D eigenvalue weighted by atomic mass is 35.5. The van der Waals surface area contributed by atoms with E-state index in [4.69, 9.17) is 21.1 Å². The number of benzene rings is 1. The molecule has 0 spiro atoms. The Morgan fingerprint density at radius 3 is 2.75 bits per heavy atom. The SMILES string of the molecule is Clc1cc(CSc2nnc(-c3ccncc3)n2C2CC2)cc2c1OCCCO2. The fraction of sp³-hybridized carbons (Fsp3) is 0.350.